The quantitative estimate of drug-likeness (QED) is 0.532. The van der Waals surface area contributed by atoms with Crippen molar-refractivity contribution in [3.8, 4) is 5.75 Å². The third kappa shape index (κ3) is 4.09. The Morgan fingerprint density at radius 2 is 1.93 bits per heavy atom. The van der Waals surface area contributed by atoms with Crippen molar-refractivity contribution in [3.63, 3.8) is 0 Å². The number of carbonyl (C=O) groups is 2. The molecule has 146 valence electrons. The number of hydrogen-bond acceptors (Lipinski definition) is 4. The van der Waals surface area contributed by atoms with Crippen LogP contribution in [0.4, 0.5) is 4.39 Å². The first-order valence-corrected chi connectivity index (χ1v) is 9.32. The molecule has 0 fully saturated rings. The van der Waals surface area contributed by atoms with Crippen LogP contribution in [-0.4, -0.2) is 25.5 Å². The molecular formula is C22H20ClFO4. The van der Waals surface area contributed by atoms with Gasteiger partial charge in [-0.3, -0.25) is 9.59 Å². The van der Waals surface area contributed by atoms with E-state index in [4.69, 9.17) is 21.1 Å². The highest BCUT2D eigenvalue weighted by atomic mass is 35.5. The topological polar surface area (TPSA) is 52.6 Å². The largest absolute Gasteiger partial charge is 0.497 e. The number of rotatable bonds is 5. The Bertz CT molecular complexity index is 921. The van der Waals surface area contributed by atoms with Gasteiger partial charge >= 0.3 is 5.97 Å². The normalized spacial score (nSPS) is 19.1. The van der Waals surface area contributed by atoms with E-state index in [1.165, 1.54) is 18.2 Å². The van der Waals surface area contributed by atoms with Crippen LogP contribution in [0, 0.1) is 11.7 Å². The highest BCUT2D eigenvalue weighted by Crippen LogP contribution is 2.41. The summed E-state index contributed by atoms with van der Waals surface area (Å²) in [6.45, 7) is 1.86. The number of esters is 1. The monoisotopic (exact) mass is 402 g/mol. The number of hydrogen-bond donors (Lipinski definition) is 0. The lowest BCUT2D eigenvalue weighted by atomic mass is 9.73. The van der Waals surface area contributed by atoms with Crippen LogP contribution < -0.4 is 4.74 Å². The fourth-order valence-corrected chi connectivity index (χ4v) is 3.63. The number of ether oxygens (including phenoxy) is 2. The van der Waals surface area contributed by atoms with Crippen LogP contribution in [-0.2, 0) is 14.3 Å². The summed E-state index contributed by atoms with van der Waals surface area (Å²) in [5.74, 6) is -2.23. The molecule has 1 aliphatic carbocycles. The molecule has 2 aromatic rings. The summed E-state index contributed by atoms with van der Waals surface area (Å²) in [6, 6.07) is 11.6. The summed E-state index contributed by atoms with van der Waals surface area (Å²) in [7, 11) is 1.58. The van der Waals surface area contributed by atoms with Crippen molar-refractivity contribution >= 4 is 28.9 Å². The molecule has 2 atom stereocenters. The lowest BCUT2D eigenvalue weighted by molar-refractivity contribution is -0.151. The Morgan fingerprint density at radius 1 is 1.21 bits per heavy atom. The van der Waals surface area contributed by atoms with E-state index in [1.807, 2.05) is 24.3 Å². The Kier molecular flexibility index (Phi) is 6.15. The van der Waals surface area contributed by atoms with E-state index in [9.17, 15) is 14.0 Å². The van der Waals surface area contributed by atoms with Crippen molar-refractivity contribution in [2.45, 2.75) is 19.3 Å². The van der Waals surface area contributed by atoms with Gasteiger partial charge in [0, 0.05) is 5.92 Å². The van der Waals surface area contributed by atoms with E-state index in [-0.39, 0.29) is 17.4 Å². The third-order valence-electron chi connectivity index (χ3n) is 4.84. The van der Waals surface area contributed by atoms with Crippen molar-refractivity contribution in [2.75, 3.05) is 13.7 Å². The molecule has 2 aromatic carbocycles. The minimum Gasteiger partial charge on any atom is -0.497 e. The summed E-state index contributed by atoms with van der Waals surface area (Å²) in [6.07, 6.45) is 1.91. The van der Waals surface area contributed by atoms with E-state index in [0.29, 0.717) is 17.7 Å². The van der Waals surface area contributed by atoms with E-state index >= 15 is 0 Å². The van der Waals surface area contributed by atoms with Crippen LogP contribution in [0.3, 0.4) is 0 Å². The Labute approximate surface area is 167 Å². The van der Waals surface area contributed by atoms with Crippen molar-refractivity contribution in [2.24, 2.45) is 5.92 Å². The maximum atomic E-state index is 13.6. The number of halogens is 2. The molecule has 0 saturated carbocycles. The van der Waals surface area contributed by atoms with Crippen LogP contribution in [0.1, 0.15) is 30.4 Å². The Morgan fingerprint density at radius 3 is 2.54 bits per heavy atom. The fraction of sp³-hybridized carbons (Fsp3) is 0.273. The first-order valence-electron chi connectivity index (χ1n) is 8.95. The summed E-state index contributed by atoms with van der Waals surface area (Å²) >= 11 is 5.94. The molecule has 0 unspecified atom stereocenters. The van der Waals surface area contributed by atoms with Crippen molar-refractivity contribution in [3.05, 3.63) is 70.5 Å². The van der Waals surface area contributed by atoms with Gasteiger partial charge in [0.15, 0.2) is 5.78 Å². The summed E-state index contributed by atoms with van der Waals surface area (Å²) in [5, 5.41) is -0.0480. The van der Waals surface area contributed by atoms with Gasteiger partial charge in [0.05, 0.1) is 18.7 Å². The SMILES string of the molecule is CCOC(=O)[C@H]1C(=O)C=C(c2ccc(OC)cc2)C[C@H]1c1ccc(F)c(Cl)c1. The van der Waals surface area contributed by atoms with Gasteiger partial charge in [-0.15, -0.1) is 0 Å². The average molecular weight is 403 g/mol. The summed E-state index contributed by atoms with van der Waals surface area (Å²) < 4.78 is 23.9. The van der Waals surface area contributed by atoms with Crippen LogP contribution >= 0.6 is 11.6 Å². The molecule has 4 nitrogen and oxygen atoms in total. The van der Waals surface area contributed by atoms with E-state index in [1.54, 1.807) is 20.1 Å². The highest BCUT2D eigenvalue weighted by Gasteiger charge is 2.40. The molecule has 3 rings (SSSR count). The second-order valence-electron chi connectivity index (χ2n) is 6.51. The van der Waals surface area contributed by atoms with Crippen LogP contribution in [0.2, 0.25) is 5.02 Å². The molecule has 6 heteroatoms. The first-order chi connectivity index (χ1) is 13.4. The zero-order valence-electron chi connectivity index (χ0n) is 15.6. The predicted octanol–water partition coefficient (Wildman–Crippen LogP) is 4.81. The molecule has 0 amide bonds. The second kappa shape index (κ2) is 8.57. The van der Waals surface area contributed by atoms with Gasteiger partial charge in [0.2, 0.25) is 0 Å². The number of benzene rings is 2. The molecule has 0 bridgehead atoms. The molecule has 28 heavy (non-hydrogen) atoms. The minimum absolute atomic E-state index is 0.0480. The molecule has 0 heterocycles. The van der Waals surface area contributed by atoms with Crippen molar-refractivity contribution < 1.29 is 23.5 Å². The first kappa shape index (κ1) is 20.1. The standard InChI is InChI=1S/C22H20ClFO4/c1-3-28-22(26)21-17(14-6-9-19(24)18(23)11-14)10-15(12-20(21)25)13-4-7-16(27-2)8-5-13/h4-9,11-12,17,21H,3,10H2,1-2H3/t17-,21+/m0/s1. The zero-order valence-corrected chi connectivity index (χ0v) is 16.3. The molecule has 0 N–H and O–H groups in total. The highest BCUT2D eigenvalue weighted by molar-refractivity contribution is 6.30. The van der Waals surface area contributed by atoms with E-state index in [2.05, 4.69) is 0 Å². The van der Waals surface area contributed by atoms with Crippen LogP contribution in [0.15, 0.2) is 48.5 Å². The minimum atomic E-state index is -0.983. The van der Waals surface area contributed by atoms with Gasteiger partial charge in [-0.25, -0.2) is 4.39 Å². The third-order valence-corrected chi connectivity index (χ3v) is 5.13. The molecular weight excluding hydrogens is 383 g/mol. The lowest BCUT2D eigenvalue weighted by Gasteiger charge is -2.29. The van der Waals surface area contributed by atoms with Gasteiger partial charge in [-0.1, -0.05) is 29.8 Å². The molecule has 0 aliphatic heterocycles. The molecule has 0 saturated heterocycles. The molecule has 0 aromatic heterocycles. The van der Waals surface area contributed by atoms with Crippen molar-refractivity contribution in [1.29, 1.82) is 0 Å². The van der Waals surface area contributed by atoms with Gasteiger partial charge in [-0.05, 0) is 60.4 Å². The summed E-state index contributed by atoms with van der Waals surface area (Å²) in [5.41, 5.74) is 2.27. The van der Waals surface area contributed by atoms with Crippen LogP contribution in [0.5, 0.6) is 5.75 Å². The number of ketones is 1. The zero-order chi connectivity index (χ0) is 20.3. The number of allylic oxidation sites excluding steroid dienone is 2. The molecule has 0 spiro atoms. The van der Waals surface area contributed by atoms with Gasteiger partial charge in [0.1, 0.15) is 17.5 Å². The number of carbonyl (C=O) groups excluding carboxylic acids is 2. The van der Waals surface area contributed by atoms with E-state index in [0.717, 1.165) is 11.1 Å². The number of methoxy groups -OCH3 is 1. The maximum absolute atomic E-state index is 13.6. The molecule has 1 aliphatic rings. The van der Waals surface area contributed by atoms with Gasteiger partial charge < -0.3 is 9.47 Å². The Balaban J connectivity index is 2.02. The Hall–Kier alpha value is -2.66. The summed E-state index contributed by atoms with van der Waals surface area (Å²) in [4.78, 5) is 25.3. The molecule has 0 radical (unpaired) electrons. The second-order valence-corrected chi connectivity index (χ2v) is 6.92. The van der Waals surface area contributed by atoms with Crippen molar-refractivity contribution in [1.82, 2.24) is 0 Å². The van der Waals surface area contributed by atoms with E-state index < -0.39 is 23.6 Å². The van der Waals surface area contributed by atoms with Gasteiger partial charge in [0.25, 0.3) is 0 Å². The maximum Gasteiger partial charge on any atom is 0.317 e. The predicted molar refractivity (Wildman–Crippen MR) is 105 cm³/mol. The average Bonchev–Trinajstić information content (AvgIpc) is 2.69. The lowest BCUT2D eigenvalue weighted by Crippen LogP contribution is -2.34. The fourth-order valence-electron chi connectivity index (χ4n) is 3.45. The van der Waals surface area contributed by atoms with Crippen LogP contribution in [0.25, 0.3) is 5.57 Å². The smallest absolute Gasteiger partial charge is 0.317 e. The van der Waals surface area contributed by atoms with Gasteiger partial charge in [-0.2, -0.15) is 0 Å².